The van der Waals surface area contributed by atoms with Crippen molar-refractivity contribution < 1.29 is 28.6 Å². The number of rotatable bonds is 4. The molecule has 1 aliphatic heterocycles. The van der Waals surface area contributed by atoms with Crippen LogP contribution in [0.1, 0.15) is 63.9 Å². The predicted octanol–water partition coefficient (Wildman–Crippen LogP) is 3.78. The van der Waals surface area contributed by atoms with Gasteiger partial charge in [-0.3, -0.25) is 4.79 Å². The lowest BCUT2D eigenvalue weighted by Gasteiger charge is -2.24. The smallest absolute Gasteiger partial charge is 0.456 e. The lowest BCUT2D eigenvalue weighted by Crippen LogP contribution is -2.30. The molecule has 0 bridgehead atoms. The predicted molar refractivity (Wildman–Crippen MR) is 114 cm³/mol. The van der Waals surface area contributed by atoms with Crippen molar-refractivity contribution in [2.75, 3.05) is 6.54 Å². The van der Waals surface area contributed by atoms with E-state index in [4.69, 9.17) is 19.9 Å². The molecule has 2 rings (SSSR count). The molecule has 0 radical (unpaired) electrons. The lowest BCUT2D eigenvalue weighted by atomic mass is 10.0. The van der Waals surface area contributed by atoms with Gasteiger partial charge in [-0.25, -0.2) is 9.59 Å². The maximum Gasteiger partial charge on any atom is 0.514 e. The van der Waals surface area contributed by atoms with E-state index in [1.807, 2.05) is 0 Å². The van der Waals surface area contributed by atoms with Gasteiger partial charge in [0.05, 0.1) is 4.47 Å². The summed E-state index contributed by atoms with van der Waals surface area (Å²) in [7, 11) is 0. The summed E-state index contributed by atoms with van der Waals surface area (Å²) in [6.45, 7) is 10.8. The number of nitrogens with zero attached hydrogens (tertiary/aromatic N) is 1. The van der Waals surface area contributed by atoms with Crippen molar-refractivity contribution >= 4 is 34.0 Å². The lowest BCUT2D eigenvalue weighted by molar-refractivity contribution is -0.128. The van der Waals surface area contributed by atoms with Crippen LogP contribution in [-0.2, 0) is 20.8 Å². The second-order valence-corrected chi connectivity index (χ2v) is 10.1. The van der Waals surface area contributed by atoms with Crippen LogP contribution in [-0.4, -0.2) is 46.7 Å². The molecular formula is C21H29BrN2O6. The molecule has 1 aromatic carbocycles. The van der Waals surface area contributed by atoms with Gasteiger partial charge in [-0.15, -0.1) is 0 Å². The Morgan fingerprint density at radius 2 is 1.73 bits per heavy atom. The van der Waals surface area contributed by atoms with E-state index in [1.54, 1.807) is 58.6 Å². The third-order valence-electron chi connectivity index (χ3n) is 3.98. The highest BCUT2D eigenvalue weighted by atomic mass is 79.9. The zero-order valence-corrected chi connectivity index (χ0v) is 19.8. The summed E-state index contributed by atoms with van der Waals surface area (Å²) in [6, 6.07) is 3.07. The Morgan fingerprint density at radius 3 is 2.23 bits per heavy atom. The number of amides is 1. The van der Waals surface area contributed by atoms with Crippen LogP contribution in [0, 0.1) is 0 Å². The monoisotopic (exact) mass is 484 g/mol. The summed E-state index contributed by atoms with van der Waals surface area (Å²) in [6.07, 6.45) is -0.705. The maximum atomic E-state index is 13.0. The van der Waals surface area contributed by atoms with Gasteiger partial charge < -0.3 is 24.8 Å². The van der Waals surface area contributed by atoms with Crippen LogP contribution in [0.5, 0.6) is 5.75 Å². The number of halogens is 1. The van der Waals surface area contributed by atoms with Gasteiger partial charge in [0.1, 0.15) is 16.8 Å². The number of nitrogens with two attached hydrogens (primary N) is 1. The maximum absolute atomic E-state index is 13.0. The number of carbonyl (C=O) groups is 3. The first-order valence-electron chi connectivity index (χ1n) is 9.65. The average Bonchev–Trinajstić information content (AvgIpc) is 2.84. The Hall–Kier alpha value is -2.13. The van der Waals surface area contributed by atoms with Crippen LogP contribution < -0.4 is 10.5 Å². The summed E-state index contributed by atoms with van der Waals surface area (Å²) >= 11 is 3.33. The van der Waals surface area contributed by atoms with Crippen LogP contribution in [0.25, 0.3) is 0 Å². The Bertz CT molecular complexity index is 841. The van der Waals surface area contributed by atoms with Crippen LogP contribution in [0.4, 0.5) is 4.79 Å². The highest BCUT2D eigenvalue weighted by Gasteiger charge is 2.32. The second-order valence-electron chi connectivity index (χ2n) is 9.22. The van der Waals surface area contributed by atoms with Crippen LogP contribution >= 0.6 is 15.9 Å². The van der Waals surface area contributed by atoms with Crippen molar-refractivity contribution in [3.63, 3.8) is 0 Å². The van der Waals surface area contributed by atoms with Crippen molar-refractivity contribution in [3.05, 3.63) is 27.7 Å². The largest absolute Gasteiger partial charge is 0.514 e. The van der Waals surface area contributed by atoms with E-state index < -0.39 is 23.3 Å². The van der Waals surface area contributed by atoms with Crippen LogP contribution in [0.2, 0.25) is 0 Å². The van der Waals surface area contributed by atoms with E-state index in [0.29, 0.717) is 16.6 Å². The second kappa shape index (κ2) is 8.93. The fraction of sp³-hybridized carbons (Fsp3) is 0.571. The molecule has 1 fully saturated rings. The Morgan fingerprint density at radius 1 is 1.13 bits per heavy atom. The average molecular weight is 485 g/mol. The fourth-order valence-corrected chi connectivity index (χ4v) is 3.31. The summed E-state index contributed by atoms with van der Waals surface area (Å²) in [5, 5.41) is 0. The zero-order chi connectivity index (χ0) is 22.9. The topological polar surface area (TPSA) is 108 Å². The quantitative estimate of drug-likeness (QED) is 0.511. The third-order valence-corrected chi connectivity index (χ3v) is 4.60. The van der Waals surface area contributed by atoms with Crippen LogP contribution in [0.15, 0.2) is 16.6 Å². The standard InChI is InChI=1S/C21H29BrN2O6/c1-20(2,3)29-18(26)16-12(10-24-11-13(23)9-15(24)25)7-8-14(22)17(16)28-19(27)30-21(4,5)6/h7-8,13H,9-11,23H2,1-6H3/t13-/m0/s1. The minimum Gasteiger partial charge on any atom is -0.456 e. The molecule has 1 amide bonds. The number of likely N-dealkylation sites (tertiary alicyclic amines) is 1. The molecule has 2 N–H and O–H groups in total. The molecular weight excluding hydrogens is 456 g/mol. The first-order valence-corrected chi connectivity index (χ1v) is 10.4. The minimum atomic E-state index is -0.954. The molecule has 1 atom stereocenters. The first-order chi connectivity index (χ1) is 13.7. The van der Waals surface area contributed by atoms with Crippen molar-refractivity contribution in [1.29, 1.82) is 0 Å². The zero-order valence-electron chi connectivity index (χ0n) is 18.2. The van der Waals surface area contributed by atoms with Gasteiger partial charge >= 0.3 is 12.1 Å². The van der Waals surface area contributed by atoms with E-state index in [2.05, 4.69) is 15.9 Å². The Labute approximate surface area is 185 Å². The van der Waals surface area contributed by atoms with E-state index in [-0.39, 0.29) is 36.2 Å². The summed E-state index contributed by atoms with van der Waals surface area (Å²) < 4.78 is 16.5. The molecule has 166 valence electrons. The van der Waals surface area contributed by atoms with Crippen molar-refractivity contribution in [2.45, 2.75) is 71.8 Å². The van der Waals surface area contributed by atoms with E-state index in [9.17, 15) is 14.4 Å². The molecule has 8 nitrogen and oxygen atoms in total. The molecule has 1 aromatic rings. The van der Waals surface area contributed by atoms with E-state index in [1.165, 1.54) is 0 Å². The molecule has 0 aliphatic carbocycles. The number of hydrogen-bond acceptors (Lipinski definition) is 7. The number of benzene rings is 1. The van der Waals surface area contributed by atoms with Gasteiger partial charge in [0.25, 0.3) is 0 Å². The molecule has 0 aromatic heterocycles. The normalized spacial score (nSPS) is 17.1. The number of esters is 1. The highest BCUT2D eigenvalue weighted by Crippen LogP contribution is 2.35. The molecule has 1 heterocycles. The SMILES string of the molecule is CC(C)(C)OC(=O)Oc1c(Br)ccc(CN2C[C@@H](N)CC2=O)c1C(=O)OC(C)(C)C. The summed E-state index contributed by atoms with van der Waals surface area (Å²) in [4.78, 5) is 39.1. The number of hydrogen-bond donors (Lipinski definition) is 1. The Kier molecular flexibility index (Phi) is 7.19. The van der Waals surface area contributed by atoms with Gasteiger partial charge in [0.15, 0.2) is 5.75 Å². The van der Waals surface area contributed by atoms with E-state index >= 15 is 0 Å². The Balaban J connectivity index is 2.46. The van der Waals surface area contributed by atoms with Gasteiger partial charge in [-0.05, 0) is 69.1 Å². The third kappa shape index (κ3) is 6.70. The van der Waals surface area contributed by atoms with Crippen molar-refractivity contribution in [3.8, 4) is 5.75 Å². The molecule has 1 saturated heterocycles. The molecule has 1 aliphatic rings. The molecule has 30 heavy (non-hydrogen) atoms. The summed E-state index contributed by atoms with van der Waals surface area (Å²) in [5.41, 5.74) is 4.87. The van der Waals surface area contributed by atoms with Gasteiger partial charge in [-0.2, -0.15) is 0 Å². The number of carbonyl (C=O) groups excluding carboxylic acids is 3. The minimum absolute atomic E-state index is 0.0213. The van der Waals surface area contributed by atoms with Gasteiger partial charge in [-0.1, -0.05) is 6.07 Å². The van der Waals surface area contributed by atoms with Crippen molar-refractivity contribution in [2.24, 2.45) is 5.73 Å². The molecule has 9 heteroatoms. The van der Waals surface area contributed by atoms with E-state index in [0.717, 1.165) is 0 Å². The molecule has 0 saturated carbocycles. The fourth-order valence-electron chi connectivity index (χ4n) is 2.90. The summed E-state index contributed by atoms with van der Waals surface area (Å²) in [5.74, 6) is -0.796. The van der Waals surface area contributed by atoms with Gasteiger partial charge in [0.2, 0.25) is 5.91 Å². The molecule has 0 spiro atoms. The number of ether oxygens (including phenoxy) is 3. The molecule has 0 unspecified atom stereocenters. The van der Waals surface area contributed by atoms with Gasteiger partial charge in [0, 0.05) is 25.6 Å². The first kappa shape index (κ1) is 24.1. The van der Waals surface area contributed by atoms with Crippen LogP contribution in [0.3, 0.4) is 0 Å². The van der Waals surface area contributed by atoms with Crippen molar-refractivity contribution in [1.82, 2.24) is 4.90 Å². The highest BCUT2D eigenvalue weighted by molar-refractivity contribution is 9.10.